The van der Waals surface area contributed by atoms with Crippen molar-refractivity contribution in [3.63, 3.8) is 0 Å². The van der Waals surface area contributed by atoms with Gasteiger partial charge in [-0.2, -0.15) is 11.8 Å². The van der Waals surface area contributed by atoms with Crippen LogP contribution in [0.2, 0.25) is 0 Å². The van der Waals surface area contributed by atoms with Crippen molar-refractivity contribution in [2.75, 3.05) is 18.1 Å². The topological polar surface area (TPSA) is 105 Å². The predicted octanol–water partition coefficient (Wildman–Crippen LogP) is 4.16. The first kappa shape index (κ1) is 23.7. The molecule has 1 saturated heterocycles. The maximum atomic E-state index is 12.8. The van der Waals surface area contributed by atoms with Crippen LogP contribution in [0.1, 0.15) is 49.1 Å². The third-order valence-corrected chi connectivity index (χ3v) is 8.49. The fraction of sp³-hybridized carbons (Fsp3) is 0.444. The molecule has 0 atom stereocenters. The predicted molar refractivity (Wildman–Crippen MR) is 134 cm³/mol. The van der Waals surface area contributed by atoms with Crippen molar-refractivity contribution in [2.45, 2.75) is 49.6 Å². The standard InChI is InChI=1S/C27H30N2O5S/c30-24(31)15-27(9-11-35-12-10-27)29-25(32)17-13-18(14-17)28-26(33)34-16-23-21-7-3-1-5-19(21)20-6-2-4-8-22(20)23/h1-8,17-18,23H,9-16H2,(H,28,33)(H,29,32)(H,30,31). The molecule has 3 aliphatic rings. The van der Waals surface area contributed by atoms with E-state index in [9.17, 15) is 19.5 Å². The van der Waals surface area contributed by atoms with Crippen LogP contribution in [0.25, 0.3) is 11.1 Å². The smallest absolute Gasteiger partial charge is 0.407 e. The van der Waals surface area contributed by atoms with Gasteiger partial charge in [0.15, 0.2) is 0 Å². The monoisotopic (exact) mass is 494 g/mol. The number of alkyl carbamates (subject to hydrolysis) is 1. The van der Waals surface area contributed by atoms with Crippen molar-refractivity contribution >= 4 is 29.7 Å². The molecule has 2 amide bonds. The Morgan fingerprint density at radius 1 is 0.971 bits per heavy atom. The number of benzene rings is 2. The zero-order valence-corrected chi connectivity index (χ0v) is 20.3. The zero-order valence-electron chi connectivity index (χ0n) is 19.5. The molecule has 3 N–H and O–H groups in total. The maximum absolute atomic E-state index is 12.8. The van der Waals surface area contributed by atoms with E-state index in [0.29, 0.717) is 25.7 Å². The number of fused-ring (bicyclic) bond motifs is 3. The minimum atomic E-state index is -0.888. The minimum absolute atomic E-state index is 0.00662. The number of thioether (sulfide) groups is 1. The maximum Gasteiger partial charge on any atom is 0.407 e. The van der Waals surface area contributed by atoms with Gasteiger partial charge in [-0.1, -0.05) is 48.5 Å². The summed E-state index contributed by atoms with van der Waals surface area (Å²) in [5.74, 6) is 0.500. The molecule has 1 heterocycles. The van der Waals surface area contributed by atoms with E-state index in [-0.39, 0.29) is 36.8 Å². The number of nitrogens with one attached hydrogen (secondary N) is 2. The SMILES string of the molecule is O=C(O)CC1(NC(=O)C2CC(NC(=O)OCC3c4ccccc4-c4ccccc43)C2)CCSCC1. The molecule has 184 valence electrons. The summed E-state index contributed by atoms with van der Waals surface area (Å²) in [6.45, 7) is 0.256. The molecule has 2 fully saturated rings. The second kappa shape index (κ2) is 9.93. The van der Waals surface area contributed by atoms with Gasteiger partial charge >= 0.3 is 12.1 Å². The Kier molecular flexibility index (Phi) is 6.73. The van der Waals surface area contributed by atoms with E-state index in [1.165, 1.54) is 22.3 Å². The molecular formula is C27H30N2O5S. The van der Waals surface area contributed by atoms with E-state index < -0.39 is 17.6 Å². The molecule has 1 aliphatic heterocycles. The number of aliphatic carboxylic acids is 1. The Bertz CT molecular complexity index is 1080. The van der Waals surface area contributed by atoms with Crippen molar-refractivity contribution in [3.05, 3.63) is 59.7 Å². The van der Waals surface area contributed by atoms with Gasteiger partial charge in [-0.25, -0.2) is 4.79 Å². The largest absolute Gasteiger partial charge is 0.481 e. The van der Waals surface area contributed by atoms with Crippen molar-refractivity contribution in [2.24, 2.45) is 5.92 Å². The van der Waals surface area contributed by atoms with Crippen molar-refractivity contribution in [3.8, 4) is 11.1 Å². The Hall–Kier alpha value is -3.00. The third-order valence-electron chi connectivity index (χ3n) is 7.50. The first-order chi connectivity index (χ1) is 16.9. The van der Waals surface area contributed by atoms with E-state index in [4.69, 9.17) is 4.74 Å². The number of carbonyl (C=O) groups is 3. The molecule has 2 aliphatic carbocycles. The highest BCUT2D eigenvalue weighted by Crippen LogP contribution is 2.44. The lowest BCUT2D eigenvalue weighted by molar-refractivity contribution is -0.140. The summed E-state index contributed by atoms with van der Waals surface area (Å²) in [5, 5.41) is 15.2. The van der Waals surface area contributed by atoms with Crippen molar-refractivity contribution < 1.29 is 24.2 Å². The molecule has 0 spiro atoms. The summed E-state index contributed by atoms with van der Waals surface area (Å²) >= 11 is 1.79. The van der Waals surface area contributed by atoms with Gasteiger partial charge in [0, 0.05) is 17.9 Å². The van der Waals surface area contributed by atoms with Gasteiger partial charge in [0.25, 0.3) is 0 Å². The number of ether oxygens (including phenoxy) is 1. The van der Waals surface area contributed by atoms with Crippen LogP contribution in [0, 0.1) is 5.92 Å². The first-order valence-corrected chi connectivity index (χ1v) is 13.3. The number of carboxylic acid groups (broad SMARTS) is 1. The van der Waals surface area contributed by atoms with E-state index in [1.807, 2.05) is 24.3 Å². The summed E-state index contributed by atoms with van der Waals surface area (Å²) in [7, 11) is 0. The lowest BCUT2D eigenvalue weighted by Gasteiger charge is -2.41. The molecule has 0 unspecified atom stereocenters. The van der Waals surface area contributed by atoms with Crippen LogP contribution in [0.3, 0.4) is 0 Å². The molecule has 8 heteroatoms. The number of hydrogen-bond donors (Lipinski definition) is 3. The highest BCUT2D eigenvalue weighted by atomic mass is 32.2. The lowest BCUT2D eigenvalue weighted by Crippen LogP contribution is -2.57. The number of amides is 2. The van der Waals surface area contributed by atoms with Crippen LogP contribution in [-0.4, -0.2) is 52.8 Å². The van der Waals surface area contributed by atoms with Gasteiger partial charge in [-0.05, 0) is 59.4 Å². The average Bonchev–Trinajstić information content (AvgIpc) is 3.13. The Morgan fingerprint density at radius 2 is 1.57 bits per heavy atom. The highest BCUT2D eigenvalue weighted by Gasteiger charge is 2.41. The molecule has 5 rings (SSSR count). The van der Waals surface area contributed by atoms with E-state index in [1.54, 1.807) is 11.8 Å². The fourth-order valence-corrected chi connectivity index (χ4v) is 6.79. The fourth-order valence-electron chi connectivity index (χ4n) is 5.52. The molecule has 0 radical (unpaired) electrons. The number of carbonyl (C=O) groups excluding carboxylic acids is 2. The number of carboxylic acids is 1. The van der Waals surface area contributed by atoms with E-state index in [2.05, 4.69) is 34.9 Å². The van der Waals surface area contributed by atoms with E-state index >= 15 is 0 Å². The zero-order chi connectivity index (χ0) is 24.4. The van der Waals surface area contributed by atoms with Crippen LogP contribution >= 0.6 is 11.8 Å². The molecule has 2 aromatic carbocycles. The van der Waals surface area contributed by atoms with Gasteiger partial charge < -0.3 is 20.5 Å². The quantitative estimate of drug-likeness (QED) is 0.534. The third kappa shape index (κ3) is 5.03. The molecule has 0 aromatic heterocycles. The van der Waals surface area contributed by atoms with Crippen LogP contribution in [0.15, 0.2) is 48.5 Å². The Morgan fingerprint density at radius 3 is 2.17 bits per heavy atom. The molecular weight excluding hydrogens is 464 g/mol. The molecule has 7 nitrogen and oxygen atoms in total. The second-order valence-electron chi connectivity index (χ2n) is 9.79. The summed E-state index contributed by atoms with van der Waals surface area (Å²) < 4.78 is 5.60. The van der Waals surface area contributed by atoms with Gasteiger partial charge in [-0.15, -0.1) is 0 Å². The molecule has 2 aromatic rings. The van der Waals surface area contributed by atoms with Crippen LogP contribution in [0.5, 0.6) is 0 Å². The summed E-state index contributed by atoms with van der Waals surface area (Å²) in [6, 6.07) is 16.3. The molecule has 0 bridgehead atoms. The molecule has 1 saturated carbocycles. The van der Waals surface area contributed by atoms with Crippen LogP contribution in [0.4, 0.5) is 4.79 Å². The van der Waals surface area contributed by atoms with Gasteiger partial charge in [0.05, 0.1) is 12.0 Å². The highest BCUT2D eigenvalue weighted by molar-refractivity contribution is 7.99. The van der Waals surface area contributed by atoms with Gasteiger partial charge in [0.2, 0.25) is 5.91 Å². The summed E-state index contributed by atoms with van der Waals surface area (Å²) in [6.07, 6.45) is 1.89. The Balaban J connectivity index is 1.11. The average molecular weight is 495 g/mol. The van der Waals surface area contributed by atoms with Gasteiger partial charge in [-0.3, -0.25) is 9.59 Å². The van der Waals surface area contributed by atoms with E-state index in [0.717, 1.165) is 11.5 Å². The minimum Gasteiger partial charge on any atom is -0.481 e. The summed E-state index contributed by atoms with van der Waals surface area (Å²) in [5.41, 5.74) is 4.04. The Labute approximate surface area is 209 Å². The number of rotatable bonds is 7. The summed E-state index contributed by atoms with van der Waals surface area (Å²) in [4.78, 5) is 36.6. The lowest BCUT2D eigenvalue weighted by atomic mass is 9.78. The number of hydrogen-bond acceptors (Lipinski definition) is 5. The van der Waals surface area contributed by atoms with Crippen LogP contribution < -0.4 is 10.6 Å². The van der Waals surface area contributed by atoms with Gasteiger partial charge in [0.1, 0.15) is 6.61 Å². The van der Waals surface area contributed by atoms with Crippen molar-refractivity contribution in [1.82, 2.24) is 10.6 Å². The van der Waals surface area contributed by atoms with Crippen molar-refractivity contribution in [1.29, 1.82) is 0 Å². The normalized spacial score (nSPS) is 22.3. The first-order valence-electron chi connectivity index (χ1n) is 12.2. The second-order valence-corrected chi connectivity index (χ2v) is 11.0. The van der Waals surface area contributed by atoms with Crippen LogP contribution in [-0.2, 0) is 14.3 Å². The molecule has 35 heavy (non-hydrogen) atoms.